The van der Waals surface area contributed by atoms with Gasteiger partial charge in [0.25, 0.3) is 11.8 Å². The Labute approximate surface area is 172 Å². The van der Waals surface area contributed by atoms with Crippen LogP contribution in [0.4, 0.5) is 0 Å². The van der Waals surface area contributed by atoms with Crippen LogP contribution in [0, 0.1) is 0 Å². The molecule has 0 aliphatic carbocycles. The van der Waals surface area contributed by atoms with Gasteiger partial charge in [0.2, 0.25) is 0 Å². The highest BCUT2D eigenvalue weighted by molar-refractivity contribution is 6.20. The maximum atomic E-state index is 12.4. The molecular weight excluding hydrogens is 384 g/mol. The minimum Gasteiger partial charge on any atom is -0.508 e. The molecule has 0 radical (unpaired) electrons. The Bertz CT molecular complexity index is 1080. The third-order valence-electron chi connectivity index (χ3n) is 4.50. The van der Waals surface area contributed by atoms with Crippen LogP contribution in [0.2, 0.25) is 0 Å². The average molecular weight is 402 g/mol. The van der Waals surface area contributed by atoms with Gasteiger partial charge in [-0.1, -0.05) is 53.7 Å². The molecule has 150 valence electrons. The summed E-state index contributed by atoms with van der Waals surface area (Å²) >= 11 is 0. The molecule has 0 aromatic heterocycles. The van der Waals surface area contributed by atoms with Gasteiger partial charge in [-0.25, -0.2) is 0 Å². The van der Waals surface area contributed by atoms with Crippen LogP contribution in [0.15, 0.2) is 84.0 Å². The number of aromatic hydroxyl groups is 1. The van der Waals surface area contributed by atoms with Crippen molar-refractivity contribution in [3.63, 3.8) is 0 Å². The van der Waals surface area contributed by atoms with E-state index >= 15 is 0 Å². The lowest BCUT2D eigenvalue weighted by atomic mass is 10.1. The molecule has 7 nitrogen and oxygen atoms in total. The molecule has 1 aliphatic rings. The van der Waals surface area contributed by atoms with E-state index in [1.54, 1.807) is 36.4 Å². The van der Waals surface area contributed by atoms with Crippen LogP contribution < -0.4 is 4.84 Å². The van der Waals surface area contributed by atoms with Crippen LogP contribution in [-0.4, -0.2) is 34.3 Å². The first-order chi connectivity index (χ1) is 14.6. The first-order valence-corrected chi connectivity index (χ1v) is 9.32. The van der Waals surface area contributed by atoms with Crippen LogP contribution in [0.25, 0.3) is 0 Å². The molecule has 0 fully saturated rings. The van der Waals surface area contributed by atoms with Gasteiger partial charge in [0.15, 0.2) is 5.75 Å². The molecule has 3 aromatic carbocycles. The van der Waals surface area contributed by atoms with Gasteiger partial charge in [-0.05, 0) is 29.8 Å². The van der Waals surface area contributed by atoms with Crippen molar-refractivity contribution in [2.24, 2.45) is 5.16 Å². The van der Waals surface area contributed by atoms with E-state index in [0.29, 0.717) is 22.6 Å². The molecule has 0 saturated heterocycles. The quantitative estimate of drug-likeness (QED) is 0.369. The van der Waals surface area contributed by atoms with Gasteiger partial charge in [-0.3, -0.25) is 14.4 Å². The number of hydrogen-bond donors (Lipinski definition) is 1. The summed E-state index contributed by atoms with van der Waals surface area (Å²) < 4.78 is 0. The SMILES string of the molecule is O=C1c2ccccc2C(=O)N1OCC/C(=N\Oc1cccc(O)c1)c1ccccc1. The summed E-state index contributed by atoms with van der Waals surface area (Å²) in [7, 11) is 0. The van der Waals surface area contributed by atoms with E-state index in [-0.39, 0.29) is 18.8 Å². The number of hydrogen-bond acceptors (Lipinski definition) is 6. The maximum Gasteiger partial charge on any atom is 0.285 e. The van der Waals surface area contributed by atoms with Crippen molar-refractivity contribution in [3.8, 4) is 11.5 Å². The lowest BCUT2D eigenvalue weighted by Crippen LogP contribution is -2.31. The molecule has 7 heteroatoms. The molecule has 1 N–H and O–H groups in total. The Hall–Kier alpha value is -3.97. The largest absolute Gasteiger partial charge is 0.508 e. The minimum absolute atomic E-state index is 0.0442. The van der Waals surface area contributed by atoms with Gasteiger partial charge < -0.3 is 9.94 Å². The highest BCUT2D eigenvalue weighted by atomic mass is 16.7. The maximum absolute atomic E-state index is 12.4. The van der Waals surface area contributed by atoms with Gasteiger partial charge in [0, 0.05) is 12.5 Å². The fraction of sp³-hybridized carbons (Fsp3) is 0.0870. The van der Waals surface area contributed by atoms with Gasteiger partial charge >= 0.3 is 0 Å². The number of amides is 2. The van der Waals surface area contributed by atoms with Crippen LogP contribution >= 0.6 is 0 Å². The molecule has 2 amide bonds. The summed E-state index contributed by atoms with van der Waals surface area (Å²) in [6, 6.07) is 22.2. The predicted molar refractivity (Wildman–Crippen MR) is 109 cm³/mol. The van der Waals surface area contributed by atoms with Gasteiger partial charge in [-0.15, -0.1) is 5.06 Å². The molecule has 0 bridgehead atoms. The van der Waals surface area contributed by atoms with Crippen molar-refractivity contribution >= 4 is 17.5 Å². The fourth-order valence-electron chi connectivity index (χ4n) is 3.04. The minimum atomic E-state index is -0.482. The van der Waals surface area contributed by atoms with Gasteiger partial charge in [0.05, 0.1) is 23.4 Å². The number of phenolic OH excluding ortho intramolecular Hbond substituents is 1. The van der Waals surface area contributed by atoms with E-state index in [4.69, 9.17) is 9.68 Å². The normalized spacial score (nSPS) is 13.5. The fourth-order valence-corrected chi connectivity index (χ4v) is 3.04. The lowest BCUT2D eigenvalue weighted by molar-refractivity contribution is -0.0888. The number of rotatable bonds is 7. The van der Waals surface area contributed by atoms with Crippen molar-refractivity contribution in [1.29, 1.82) is 0 Å². The molecule has 4 rings (SSSR count). The molecule has 0 atom stereocenters. The second-order valence-corrected chi connectivity index (χ2v) is 6.53. The summed E-state index contributed by atoms with van der Waals surface area (Å²) in [6.07, 6.45) is 0.288. The Morgan fingerprint density at radius 2 is 1.53 bits per heavy atom. The molecule has 1 heterocycles. The number of carbonyl (C=O) groups excluding carboxylic acids is 2. The molecule has 3 aromatic rings. The predicted octanol–water partition coefficient (Wildman–Crippen LogP) is 3.79. The van der Waals surface area contributed by atoms with E-state index in [9.17, 15) is 14.7 Å². The summed E-state index contributed by atoms with van der Waals surface area (Å²) in [5.74, 6) is -0.516. The number of fused-ring (bicyclic) bond motifs is 1. The molecule has 30 heavy (non-hydrogen) atoms. The zero-order chi connectivity index (χ0) is 20.9. The van der Waals surface area contributed by atoms with E-state index in [0.717, 1.165) is 10.6 Å². The summed E-state index contributed by atoms with van der Waals surface area (Å²) in [5, 5.41) is 14.5. The first kappa shape index (κ1) is 19.4. The Morgan fingerprint density at radius 3 is 2.20 bits per heavy atom. The van der Waals surface area contributed by atoms with Crippen molar-refractivity contribution in [3.05, 3.63) is 95.6 Å². The third-order valence-corrected chi connectivity index (χ3v) is 4.50. The van der Waals surface area contributed by atoms with Crippen molar-refractivity contribution in [1.82, 2.24) is 5.06 Å². The van der Waals surface area contributed by atoms with Gasteiger partial charge in [0.1, 0.15) is 5.75 Å². The standard InChI is InChI=1S/C23H18N2O5/c26-17-9-6-10-18(15-17)30-24-21(16-7-2-1-3-8-16)13-14-29-25-22(27)19-11-4-5-12-20(19)23(25)28/h1-12,15,26H,13-14H2/b24-21+. The van der Waals surface area contributed by atoms with Crippen LogP contribution in [0.5, 0.6) is 11.5 Å². The summed E-state index contributed by atoms with van der Waals surface area (Å²) in [6.45, 7) is 0.0442. The molecule has 0 unspecified atom stereocenters. The molecule has 0 spiro atoms. The smallest absolute Gasteiger partial charge is 0.285 e. The highest BCUT2D eigenvalue weighted by Crippen LogP contribution is 2.23. The highest BCUT2D eigenvalue weighted by Gasteiger charge is 2.36. The summed E-state index contributed by atoms with van der Waals surface area (Å²) in [5.41, 5.74) is 2.03. The van der Waals surface area contributed by atoms with E-state index in [1.807, 2.05) is 30.3 Å². The zero-order valence-corrected chi connectivity index (χ0v) is 15.9. The number of imide groups is 1. The topological polar surface area (TPSA) is 88.4 Å². The second-order valence-electron chi connectivity index (χ2n) is 6.53. The van der Waals surface area contributed by atoms with Crippen LogP contribution in [0.3, 0.4) is 0 Å². The Kier molecular flexibility index (Phi) is 5.54. The monoisotopic (exact) mass is 402 g/mol. The molecule has 0 saturated carbocycles. The number of oxime groups is 1. The first-order valence-electron chi connectivity index (χ1n) is 9.32. The van der Waals surface area contributed by atoms with Crippen molar-refractivity contribution in [2.45, 2.75) is 6.42 Å². The van der Waals surface area contributed by atoms with Crippen LogP contribution in [0.1, 0.15) is 32.7 Å². The average Bonchev–Trinajstić information content (AvgIpc) is 3.02. The van der Waals surface area contributed by atoms with Crippen LogP contribution in [-0.2, 0) is 4.84 Å². The Balaban J connectivity index is 1.46. The molecular formula is C23H18N2O5. The lowest BCUT2D eigenvalue weighted by Gasteiger charge is -2.14. The zero-order valence-electron chi connectivity index (χ0n) is 15.9. The van der Waals surface area contributed by atoms with Gasteiger partial charge in [-0.2, -0.15) is 0 Å². The number of nitrogens with zero attached hydrogens (tertiary/aromatic N) is 2. The summed E-state index contributed by atoms with van der Waals surface area (Å²) in [4.78, 5) is 35.7. The number of benzene rings is 3. The third kappa shape index (κ3) is 4.06. The second kappa shape index (κ2) is 8.59. The Morgan fingerprint density at radius 1 is 0.867 bits per heavy atom. The van der Waals surface area contributed by atoms with E-state index < -0.39 is 11.8 Å². The van der Waals surface area contributed by atoms with Crippen molar-refractivity contribution in [2.75, 3.05) is 6.61 Å². The number of carbonyl (C=O) groups is 2. The number of hydroxylamine groups is 2. The van der Waals surface area contributed by atoms with E-state index in [1.165, 1.54) is 12.1 Å². The van der Waals surface area contributed by atoms with Crippen molar-refractivity contribution < 1.29 is 24.4 Å². The van der Waals surface area contributed by atoms with E-state index in [2.05, 4.69) is 5.16 Å². The number of phenols is 1. The molecule has 1 aliphatic heterocycles.